The maximum absolute atomic E-state index is 13.1. The number of nitrogens with two attached hydrogens (primary N) is 1. The number of benzene rings is 1. The molecule has 96 valence electrons. The first-order valence-electron chi connectivity index (χ1n) is 5.40. The molecule has 0 saturated carbocycles. The summed E-state index contributed by atoms with van der Waals surface area (Å²) < 4.78 is 40.3. The Morgan fingerprint density at radius 1 is 1.17 bits per heavy atom. The first-order chi connectivity index (χ1) is 8.40. The van der Waals surface area contributed by atoms with Crippen molar-refractivity contribution >= 4 is 5.69 Å². The Kier molecular flexibility index (Phi) is 3.02. The van der Waals surface area contributed by atoms with E-state index in [0.29, 0.717) is 11.4 Å². The smallest absolute Gasteiger partial charge is 0.194 e. The standard InChI is InChI=1S/C12H12F3N3/c1-6(2)12-10(16)5-18(17-12)7-3-8(13)11(15)9(14)4-7/h3-6H,16H2,1-2H3. The van der Waals surface area contributed by atoms with E-state index < -0.39 is 17.5 Å². The van der Waals surface area contributed by atoms with E-state index in [9.17, 15) is 13.2 Å². The average molecular weight is 255 g/mol. The topological polar surface area (TPSA) is 43.8 Å². The highest BCUT2D eigenvalue weighted by Gasteiger charge is 2.15. The molecular formula is C12H12F3N3. The molecule has 0 aliphatic rings. The fourth-order valence-corrected chi connectivity index (χ4v) is 1.66. The Morgan fingerprint density at radius 3 is 2.17 bits per heavy atom. The van der Waals surface area contributed by atoms with Gasteiger partial charge in [0.25, 0.3) is 0 Å². The minimum absolute atomic E-state index is 0.0846. The van der Waals surface area contributed by atoms with Crippen LogP contribution in [0.15, 0.2) is 18.3 Å². The van der Waals surface area contributed by atoms with Crippen LogP contribution in [0.5, 0.6) is 0 Å². The van der Waals surface area contributed by atoms with Crippen molar-refractivity contribution in [3.63, 3.8) is 0 Å². The molecule has 2 N–H and O–H groups in total. The van der Waals surface area contributed by atoms with Crippen molar-refractivity contribution in [2.24, 2.45) is 0 Å². The van der Waals surface area contributed by atoms with Gasteiger partial charge in [-0.05, 0) is 5.92 Å². The minimum atomic E-state index is -1.50. The molecule has 18 heavy (non-hydrogen) atoms. The molecule has 0 radical (unpaired) electrons. The Morgan fingerprint density at radius 2 is 1.72 bits per heavy atom. The maximum atomic E-state index is 13.1. The number of anilines is 1. The van der Waals surface area contributed by atoms with Crippen molar-refractivity contribution in [2.45, 2.75) is 19.8 Å². The zero-order valence-electron chi connectivity index (χ0n) is 9.92. The quantitative estimate of drug-likeness (QED) is 0.838. The minimum Gasteiger partial charge on any atom is -0.396 e. The number of nitrogens with zero attached hydrogens (tertiary/aromatic N) is 2. The molecular weight excluding hydrogens is 243 g/mol. The lowest BCUT2D eigenvalue weighted by Gasteiger charge is -2.03. The third kappa shape index (κ3) is 2.05. The number of hydrogen-bond donors (Lipinski definition) is 1. The van der Waals surface area contributed by atoms with Crippen LogP contribution >= 0.6 is 0 Å². The zero-order valence-corrected chi connectivity index (χ0v) is 9.92. The van der Waals surface area contributed by atoms with Crippen molar-refractivity contribution in [2.75, 3.05) is 5.73 Å². The summed E-state index contributed by atoms with van der Waals surface area (Å²) >= 11 is 0. The zero-order chi connectivity index (χ0) is 13.4. The summed E-state index contributed by atoms with van der Waals surface area (Å²) in [6.45, 7) is 3.80. The Bertz CT molecular complexity index is 567. The van der Waals surface area contributed by atoms with E-state index >= 15 is 0 Å². The van der Waals surface area contributed by atoms with Crippen molar-refractivity contribution < 1.29 is 13.2 Å². The summed E-state index contributed by atoms with van der Waals surface area (Å²) in [7, 11) is 0. The highest BCUT2D eigenvalue weighted by Crippen LogP contribution is 2.23. The van der Waals surface area contributed by atoms with Gasteiger partial charge in [0.05, 0.1) is 23.3 Å². The van der Waals surface area contributed by atoms with Gasteiger partial charge in [-0.3, -0.25) is 0 Å². The van der Waals surface area contributed by atoms with Gasteiger partial charge >= 0.3 is 0 Å². The van der Waals surface area contributed by atoms with Crippen LogP contribution in [0, 0.1) is 17.5 Å². The molecule has 1 heterocycles. The van der Waals surface area contributed by atoms with Crippen LogP contribution < -0.4 is 5.73 Å². The first kappa shape index (κ1) is 12.5. The highest BCUT2D eigenvalue weighted by atomic mass is 19.2. The lowest BCUT2D eigenvalue weighted by molar-refractivity contribution is 0.446. The van der Waals surface area contributed by atoms with E-state index in [1.807, 2.05) is 13.8 Å². The lowest BCUT2D eigenvalue weighted by atomic mass is 10.1. The molecule has 0 aliphatic heterocycles. The van der Waals surface area contributed by atoms with Gasteiger partial charge in [-0.15, -0.1) is 0 Å². The van der Waals surface area contributed by atoms with Gasteiger partial charge in [-0.25, -0.2) is 17.9 Å². The fourth-order valence-electron chi connectivity index (χ4n) is 1.66. The molecule has 1 aromatic carbocycles. The maximum Gasteiger partial charge on any atom is 0.194 e. The Labute approximate surface area is 102 Å². The monoisotopic (exact) mass is 255 g/mol. The Balaban J connectivity index is 2.52. The van der Waals surface area contributed by atoms with Gasteiger partial charge in [-0.2, -0.15) is 5.10 Å². The van der Waals surface area contributed by atoms with Gasteiger partial charge in [0.15, 0.2) is 17.5 Å². The molecule has 0 spiro atoms. The summed E-state index contributed by atoms with van der Waals surface area (Å²) in [5.74, 6) is -3.93. The number of nitrogen functional groups attached to an aromatic ring is 1. The second-order valence-electron chi connectivity index (χ2n) is 4.29. The van der Waals surface area contributed by atoms with Gasteiger partial charge in [-0.1, -0.05) is 13.8 Å². The van der Waals surface area contributed by atoms with E-state index in [4.69, 9.17) is 5.73 Å². The van der Waals surface area contributed by atoms with Crippen LogP contribution in [-0.4, -0.2) is 9.78 Å². The van der Waals surface area contributed by atoms with Gasteiger partial charge in [0, 0.05) is 12.1 Å². The average Bonchev–Trinajstić information content (AvgIpc) is 2.67. The molecule has 0 bridgehead atoms. The van der Waals surface area contributed by atoms with Crippen molar-refractivity contribution in [1.29, 1.82) is 0 Å². The van der Waals surface area contributed by atoms with E-state index in [0.717, 1.165) is 12.1 Å². The SMILES string of the molecule is CC(C)c1nn(-c2cc(F)c(F)c(F)c2)cc1N. The molecule has 0 aliphatic carbocycles. The van der Waals surface area contributed by atoms with Crippen molar-refractivity contribution in [1.82, 2.24) is 9.78 Å². The molecule has 3 nitrogen and oxygen atoms in total. The predicted molar refractivity (Wildman–Crippen MR) is 61.9 cm³/mol. The molecule has 0 atom stereocenters. The molecule has 0 amide bonds. The van der Waals surface area contributed by atoms with E-state index in [1.54, 1.807) is 0 Å². The first-order valence-corrected chi connectivity index (χ1v) is 5.40. The molecule has 1 aromatic heterocycles. The van der Waals surface area contributed by atoms with E-state index in [-0.39, 0.29) is 11.6 Å². The van der Waals surface area contributed by atoms with Crippen molar-refractivity contribution in [3.05, 3.63) is 41.5 Å². The van der Waals surface area contributed by atoms with Crippen molar-refractivity contribution in [3.8, 4) is 5.69 Å². The molecule has 2 rings (SSSR count). The molecule has 2 aromatic rings. The summed E-state index contributed by atoms with van der Waals surface area (Å²) in [5.41, 5.74) is 6.88. The lowest BCUT2D eigenvalue weighted by Crippen LogP contribution is -2.01. The van der Waals surface area contributed by atoms with Gasteiger partial charge in [0.1, 0.15) is 0 Å². The van der Waals surface area contributed by atoms with Crippen LogP contribution in [0.3, 0.4) is 0 Å². The number of rotatable bonds is 2. The predicted octanol–water partition coefficient (Wildman–Crippen LogP) is 3.00. The number of halogens is 3. The van der Waals surface area contributed by atoms with Crippen LogP contribution in [-0.2, 0) is 0 Å². The normalized spacial score (nSPS) is 11.2. The summed E-state index contributed by atoms with van der Waals surface area (Å²) in [5, 5.41) is 4.13. The second kappa shape index (κ2) is 4.36. The third-order valence-corrected chi connectivity index (χ3v) is 2.55. The van der Waals surface area contributed by atoms with Crippen LogP contribution in [0.25, 0.3) is 5.69 Å². The highest BCUT2D eigenvalue weighted by molar-refractivity contribution is 5.46. The third-order valence-electron chi connectivity index (χ3n) is 2.55. The number of aromatic nitrogens is 2. The van der Waals surface area contributed by atoms with E-state index in [1.165, 1.54) is 10.9 Å². The summed E-state index contributed by atoms with van der Waals surface area (Å²) in [6.07, 6.45) is 1.45. The van der Waals surface area contributed by atoms with Gasteiger partial charge in [0.2, 0.25) is 0 Å². The molecule has 0 saturated heterocycles. The Hall–Kier alpha value is -1.98. The van der Waals surface area contributed by atoms with Crippen LogP contribution in [0.2, 0.25) is 0 Å². The summed E-state index contributed by atoms with van der Waals surface area (Å²) in [6, 6.07) is 1.74. The van der Waals surface area contributed by atoms with E-state index in [2.05, 4.69) is 5.10 Å². The molecule has 0 unspecified atom stereocenters. The molecule has 6 heteroatoms. The van der Waals surface area contributed by atoms with Gasteiger partial charge < -0.3 is 5.73 Å². The van der Waals surface area contributed by atoms with Crippen LogP contribution in [0.4, 0.5) is 18.9 Å². The molecule has 0 fully saturated rings. The summed E-state index contributed by atoms with van der Waals surface area (Å²) in [4.78, 5) is 0. The fraction of sp³-hybridized carbons (Fsp3) is 0.250. The van der Waals surface area contributed by atoms with Crippen LogP contribution in [0.1, 0.15) is 25.5 Å². The second-order valence-corrected chi connectivity index (χ2v) is 4.29. The largest absolute Gasteiger partial charge is 0.396 e. The number of hydrogen-bond acceptors (Lipinski definition) is 2.